The van der Waals surface area contributed by atoms with Crippen LogP contribution in [0.1, 0.15) is 41.6 Å². The van der Waals surface area contributed by atoms with Gasteiger partial charge in [-0.2, -0.15) is 0 Å². The van der Waals surface area contributed by atoms with Crippen LogP contribution in [0.3, 0.4) is 0 Å². The predicted molar refractivity (Wildman–Crippen MR) is 80.9 cm³/mol. The van der Waals surface area contributed by atoms with Crippen LogP contribution in [0, 0.1) is 0 Å². The second-order valence-electron chi connectivity index (χ2n) is 5.00. The van der Waals surface area contributed by atoms with Crippen molar-refractivity contribution in [3.8, 4) is 0 Å². The first-order valence-electron chi connectivity index (χ1n) is 6.65. The standard InChI is InChI=1S/C15H18N4O2/c1-9(2)14-17-7-12(16)13(19-14)15(21)18-11-5-3-10(8-20)4-6-11/h3-7,9,20H,8,16H2,1-2H3,(H,18,21). The number of rotatable bonds is 4. The molecule has 0 saturated carbocycles. The summed E-state index contributed by atoms with van der Waals surface area (Å²) in [4.78, 5) is 20.6. The van der Waals surface area contributed by atoms with E-state index in [0.29, 0.717) is 11.5 Å². The fraction of sp³-hybridized carbons (Fsp3) is 0.267. The molecule has 0 fully saturated rings. The second kappa shape index (κ2) is 6.32. The van der Waals surface area contributed by atoms with Crippen molar-refractivity contribution in [2.45, 2.75) is 26.4 Å². The van der Waals surface area contributed by atoms with Crippen LogP contribution < -0.4 is 11.1 Å². The van der Waals surface area contributed by atoms with E-state index in [9.17, 15) is 4.79 Å². The van der Waals surface area contributed by atoms with Gasteiger partial charge in [0.1, 0.15) is 5.82 Å². The molecule has 0 unspecified atom stereocenters. The highest BCUT2D eigenvalue weighted by atomic mass is 16.3. The number of nitrogen functional groups attached to an aromatic ring is 1. The SMILES string of the molecule is CC(C)c1ncc(N)c(C(=O)Nc2ccc(CO)cc2)n1. The summed E-state index contributed by atoms with van der Waals surface area (Å²) in [6.07, 6.45) is 1.45. The molecule has 0 aliphatic carbocycles. The third-order valence-corrected chi connectivity index (χ3v) is 2.96. The molecule has 0 atom stereocenters. The van der Waals surface area contributed by atoms with Gasteiger partial charge in [-0.25, -0.2) is 9.97 Å². The smallest absolute Gasteiger partial charge is 0.276 e. The van der Waals surface area contributed by atoms with E-state index < -0.39 is 0 Å². The van der Waals surface area contributed by atoms with E-state index in [1.807, 2.05) is 13.8 Å². The number of hydrogen-bond donors (Lipinski definition) is 3. The van der Waals surface area contributed by atoms with Crippen molar-refractivity contribution in [3.05, 3.63) is 47.5 Å². The molecular weight excluding hydrogens is 268 g/mol. The molecule has 0 aliphatic rings. The van der Waals surface area contributed by atoms with Crippen LogP contribution in [0.4, 0.5) is 11.4 Å². The Bertz CT molecular complexity index is 639. The highest BCUT2D eigenvalue weighted by Gasteiger charge is 2.15. The molecule has 1 aromatic heterocycles. The summed E-state index contributed by atoms with van der Waals surface area (Å²) in [5, 5.41) is 11.7. The number of carbonyl (C=O) groups is 1. The van der Waals surface area contributed by atoms with Crippen LogP contribution in [-0.2, 0) is 6.61 Å². The number of nitrogens with two attached hydrogens (primary N) is 1. The van der Waals surface area contributed by atoms with E-state index >= 15 is 0 Å². The van der Waals surface area contributed by atoms with Crippen LogP contribution in [0.2, 0.25) is 0 Å². The Kier molecular flexibility index (Phi) is 4.49. The number of nitrogens with one attached hydrogen (secondary N) is 1. The molecule has 6 nitrogen and oxygen atoms in total. The quantitative estimate of drug-likeness (QED) is 0.797. The van der Waals surface area contributed by atoms with Crippen molar-refractivity contribution in [1.82, 2.24) is 9.97 Å². The molecule has 2 aromatic rings. The number of benzene rings is 1. The Labute approximate surface area is 123 Å². The van der Waals surface area contributed by atoms with Gasteiger partial charge in [-0.3, -0.25) is 4.79 Å². The summed E-state index contributed by atoms with van der Waals surface area (Å²) in [6.45, 7) is 3.85. The third kappa shape index (κ3) is 3.55. The van der Waals surface area contributed by atoms with Crippen LogP contribution in [0.15, 0.2) is 30.5 Å². The zero-order chi connectivity index (χ0) is 15.4. The van der Waals surface area contributed by atoms with Crippen molar-refractivity contribution in [2.75, 3.05) is 11.1 Å². The van der Waals surface area contributed by atoms with Crippen LogP contribution >= 0.6 is 0 Å². The maximum atomic E-state index is 12.2. The first kappa shape index (κ1) is 14.9. The van der Waals surface area contributed by atoms with Gasteiger partial charge in [0, 0.05) is 11.6 Å². The van der Waals surface area contributed by atoms with Gasteiger partial charge in [0.15, 0.2) is 5.69 Å². The Hall–Kier alpha value is -2.47. The molecule has 2 rings (SSSR count). The third-order valence-electron chi connectivity index (χ3n) is 2.96. The molecular formula is C15H18N4O2. The molecule has 4 N–H and O–H groups in total. The lowest BCUT2D eigenvalue weighted by molar-refractivity contribution is 0.102. The summed E-state index contributed by atoms with van der Waals surface area (Å²) in [7, 11) is 0. The predicted octanol–water partition coefficient (Wildman–Crippen LogP) is 1.93. The molecule has 1 amide bonds. The summed E-state index contributed by atoms with van der Waals surface area (Å²) in [5.74, 6) is 0.305. The number of hydrogen-bond acceptors (Lipinski definition) is 5. The first-order chi connectivity index (χ1) is 10.0. The Morgan fingerprint density at radius 3 is 2.57 bits per heavy atom. The van der Waals surface area contributed by atoms with Gasteiger partial charge in [-0.1, -0.05) is 26.0 Å². The highest BCUT2D eigenvalue weighted by molar-refractivity contribution is 6.06. The van der Waals surface area contributed by atoms with Gasteiger partial charge in [0.05, 0.1) is 18.5 Å². The molecule has 0 saturated heterocycles. The van der Waals surface area contributed by atoms with Crippen molar-refractivity contribution in [1.29, 1.82) is 0 Å². The monoisotopic (exact) mass is 286 g/mol. The lowest BCUT2D eigenvalue weighted by atomic mass is 10.2. The second-order valence-corrected chi connectivity index (χ2v) is 5.00. The van der Waals surface area contributed by atoms with E-state index in [-0.39, 0.29) is 29.8 Å². The van der Waals surface area contributed by atoms with Crippen LogP contribution in [0.25, 0.3) is 0 Å². The lowest BCUT2D eigenvalue weighted by Gasteiger charge is -2.10. The minimum absolute atomic E-state index is 0.0369. The van der Waals surface area contributed by atoms with E-state index in [4.69, 9.17) is 10.8 Å². The van der Waals surface area contributed by atoms with Gasteiger partial charge < -0.3 is 16.2 Å². The number of aliphatic hydroxyl groups excluding tert-OH is 1. The number of nitrogens with zero attached hydrogens (tertiary/aromatic N) is 2. The zero-order valence-electron chi connectivity index (χ0n) is 12.0. The lowest BCUT2D eigenvalue weighted by Crippen LogP contribution is -2.18. The van der Waals surface area contributed by atoms with Gasteiger partial charge in [-0.05, 0) is 17.7 Å². The van der Waals surface area contributed by atoms with Gasteiger partial charge in [-0.15, -0.1) is 0 Å². The average molecular weight is 286 g/mol. The normalized spacial score (nSPS) is 10.7. The summed E-state index contributed by atoms with van der Waals surface area (Å²) < 4.78 is 0. The van der Waals surface area contributed by atoms with E-state index in [1.165, 1.54) is 6.20 Å². The number of amides is 1. The highest BCUT2D eigenvalue weighted by Crippen LogP contribution is 2.16. The minimum Gasteiger partial charge on any atom is -0.396 e. The van der Waals surface area contributed by atoms with Crippen molar-refractivity contribution in [2.24, 2.45) is 0 Å². The number of carbonyl (C=O) groups excluding carboxylic acids is 1. The molecule has 0 spiro atoms. The summed E-state index contributed by atoms with van der Waals surface area (Å²) >= 11 is 0. The van der Waals surface area contributed by atoms with Crippen LogP contribution in [0.5, 0.6) is 0 Å². The molecule has 0 bridgehead atoms. The Balaban J connectivity index is 2.21. The molecule has 0 aliphatic heterocycles. The number of aliphatic hydroxyl groups is 1. The van der Waals surface area contributed by atoms with Crippen LogP contribution in [-0.4, -0.2) is 21.0 Å². The molecule has 110 valence electrons. The Morgan fingerprint density at radius 2 is 2.00 bits per heavy atom. The maximum Gasteiger partial charge on any atom is 0.276 e. The molecule has 1 heterocycles. The largest absolute Gasteiger partial charge is 0.396 e. The first-order valence-corrected chi connectivity index (χ1v) is 6.65. The Morgan fingerprint density at radius 1 is 1.33 bits per heavy atom. The zero-order valence-corrected chi connectivity index (χ0v) is 12.0. The maximum absolute atomic E-state index is 12.2. The molecule has 21 heavy (non-hydrogen) atoms. The fourth-order valence-electron chi connectivity index (χ4n) is 1.75. The van der Waals surface area contributed by atoms with E-state index in [2.05, 4.69) is 15.3 Å². The number of aromatic nitrogens is 2. The summed E-state index contributed by atoms with van der Waals surface area (Å²) in [5.41, 5.74) is 7.56. The topological polar surface area (TPSA) is 101 Å². The van der Waals surface area contributed by atoms with Crippen molar-refractivity contribution >= 4 is 17.3 Å². The van der Waals surface area contributed by atoms with Crippen molar-refractivity contribution in [3.63, 3.8) is 0 Å². The molecule has 0 radical (unpaired) electrons. The van der Waals surface area contributed by atoms with E-state index in [0.717, 1.165) is 5.56 Å². The van der Waals surface area contributed by atoms with E-state index in [1.54, 1.807) is 24.3 Å². The minimum atomic E-state index is -0.381. The van der Waals surface area contributed by atoms with Gasteiger partial charge in [0.25, 0.3) is 5.91 Å². The number of anilines is 2. The summed E-state index contributed by atoms with van der Waals surface area (Å²) in [6, 6.07) is 6.89. The van der Waals surface area contributed by atoms with Gasteiger partial charge in [0.2, 0.25) is 0 Å². The van der Waals surface area contributed by atoms with Gasteiger partial charge >= 0.3 is 0 Å². The fourth-order valence-corrected chi connectivity index (χ4v) is 1.75. The molecule has 6 heteroatoms. The van der Waals surface area contributed by atoms with Crippen molar-refractivity contribution < 1.29 is 9.90 Å². The molecule has 1 aromatic carbocycles. The average Bonchev–Trinajstić information content (AvgIpc) is 2.48.